The lowest BCUT2D eigenvalue weighted by Gasteiger charge is -2.05. The number of amides is 2. The summed E-state index contributed by atoms with van der Waals surface area (Å²) in [6, 6.07) is 0. The van der Waals surface area contributed by atoms with Crippen LogP contribution in [-0.2, 0) is 9.59 Å². The molecule has 0 aromatic carbocycles. The number of hydrogen-bond donors (Lipinski definition) is 0. The molecule has 0 saturated carbocycles. The minimum atomic E-state index is -0.197. The summed E-state index contributed by atoms with van der Waals surface area (Å²) in [7, 11) is 0. The van der Waals surface area contributed by atoms with Crippen LogP contribution in [-0.4, -0.2) is 23.0 Å². The van der Waals surface area contributed by atoms with E-state index in [-0.39, 0.29) is 17.7 Å². The van der Waals surface area contributed by atoms with Gasteiger partial charge in [-0.3, -0.25) is 9.59 Å². The van der Waals surface area contributed by atoms with E-state index < -0.39 is 0 Å². The van der Waals surface area contributed by atoms with Gasteiger partial charge in [-0.1, -0.05) is 13.8 Å². The van der Waals surface area contributed by atoms with Gasteiger partial charge in [0.25, 0.3) is 0 Å². The molecular formula is C8H12N2O2. The molecule has 0 aromatic heterocycles. The molecule has 0 aliphatic carbocycles. The summed E-state index contributed by atoms with van der Waals surface area (Å²) in [5.74, 6) is -0.139. The van der Waals surface area contributed by atoms with Gasteiger partial charge >= 0.3 is 0 Å². The van der Waals surface area contributed by atoms with Gasteiger partial charge in [-0.15, -0.1) is 0 Å². The molecule has 0 aromatic rings. The first-order valence-electron chi connectivity index (χ1n) is 4.01. The van der Waals surface area contributed by atoms with E-state index in [1.54, 1.807) is 6.21 Å². The molecular weight excluding hydrogens is 156 g/mol. The van der Waals surface area contributed by atoms with E-state index in [1.807, 2.05) is 13.8 Å². The molecule has 0 atom stereocenters. The zero-order valence-corrected chi connectivity index (χ0v) is 7.28. The Morgan fingerprint density at radius 1 is 1.33 bits per heavy atom. The fraction of sp³-hybridized carbons (Fsp3) is 0.625. The van der Waals surface area contributed by atoms with Gasteiger partial charge in [0.1, 0.15) is 0 Å². The molecule has 12 heavy (non-hydrogen) atoms. The molecule has 0 N–H and O–H groups in total. The van der Waals surface area contributed by atoms with E-state index in [2.05, 4.69) is 5.10 Å². The molecule has 0 radical (unpaired) electrons. The second-order valence-corrected chi connectivity index (χ2v) is 3.11. The molecule has 2 amide bonds. The minimum absolute atomic E-state index is 0.197. The molecule has 1 aliphatic heterocycles. The summed E-state index contributed by atoms with van der Waals surface area (Å²) in [5, 5.41) is 4.75. The lowest BCUT2D eigenvalue weighted by molar-refractivity contribution is -0.138. The average molecular weight is 168 g/mol. The third-order valence-electron chi connectivity index (χ3n) is 1.51. The third-order valence-corrected chi connectivity index (χ3v) is 1.51. The highest BCUT2D eigenvalue weighted by molar-refractivity contribution is 6.02. The van der Waals surface area contributed by atoms with Crippen molar-refractivity contribution < 1.29 is 9.59 Å². The summed E-state index contributed by atoms with van der Waals surface area (Å²) in [6.07, 6.45) is 2.20. The first-order chi connectivity index (χ1) is 5.61. The first kappa shape index (κ1) is 8.90. The molecule has 1 fully saturated rings. The smallest absolute Gasteiger partial charge is 0.250 e. The van der Waals surface area contributed by atoms with E-state index in [1.165, 1.54) is 0 Å². The average Bonchev–Trinajstić information content (AvgIpc) is 2.28. The number of carbonyl (C=O) groups excluding carboxylic acids is 2. The monoisotopic (exact) mass is 168 g/mol. The Balaban J connectivity index is 2.62. The largest absolute Gasteiger partial charge is 0.272 e. The highest BCUT2D eigenvalue weighted by Crippen LogP contribution is 2.11. The van der Waals surface area contributed by atoms with Crippen molar-refractivity contribution in [2.24, 2.45) is 11.0 Å². The Morgan fingerprint density at radius 2 is 1.83 bits per heavy atom. The Kier molecular flexibility index (Phi) is 2.58. The summed E-state index contributed by atoms with van der Waals surface area (Å²) in [4.78, 5) is 22.0. The maximum atomic E-state index is 11.0. The molecule has 4 heteroatoms. The molecule has 0 unspecified atom stereocenters. The van der Waals surface area contributed by atoms with Gasteiger partial charge in [-0.2, -0.15) is 10.1 Å². The van der Waals surface area contributed by atoms with Crippen molar-refractivity contribution in [1.29, 1.82) is 0 Å². The first-order valence-corrected chi connectivity index (χ1v) is 4.01. The predicted molar refractivity (Wildman–Crippen MR) is 44.4 cm³/mol. The minimum Gasteiger partial charge on any atom is -0.272 e. The second-order valence-electron chi connectivity index (χ2n) is 3.11. The van der Waals surface area contributed by atoms with Crippen molar-refractivity contribution in [2.45, 2.75) is 26.7 Å². The van der Waals surface area contributed by atoms with Crippen molar-refractivity contribution in [3.05, 3.63) is 0 Å². The zero-order valence-electron chi connectivity index (χ0n) is 7.28. The van der Waals surface area contributed by atoms with E-state index in [0.29, 0.717) is 12.8 Å². The van der Waals surface area contributed by atoms with Crippen molar-refractivity contribution >= 4 is 18.0 Å². The van der Waals surface area contributed by atoms with Crippen LogP contribution in [0.15, 0.2) is 5.10 Å². The van der Waals surface area contributed by atoms with Crippen LogP contribution in [0.25, 0.3) is 0 Å². The fourth-order valence-corrected chi connectivity index (χ4v) is 0.894. The summed E-state index contributed by atoms with van der Waals surface area (Å²) in [6.45, 7) is 3.88. The summed E-state index contributed by atoms with van der Waals surface area (Å²) < 4.78 is 0. The zero-order chi connectivity index (χ0) is 9.14. The Morgan fingerprint density at radius 3 is 2.25 bits per heavy atom. The van der Waals surface area contributed by atoms with E-state index in [0.717, 1.165) is 5.01 Å². The van der Waals surface area contributed by atoms with Crippen LogP contribution < -0.4 is 0 Å². The molecule has 1 rings (SSSR count). The number of nitrogens with zero attached hydrogens (tertiary/aromatic N) is 2. The predicted octanol–water partition coefficient (Wildman–Crippen LogP) is 0.777. The van der Waals surface area contributed by atoms with Gasteiger partial charge < -0.3 is 0 Å². The maximum absolute atomic E-state index is 11.0. The highest BCUT2D eigenvalue weighted by Gasteiger charge is 2.28. The van der Waals surface area contributed by atoms with Gasteiger partial charge in [0.05, 0.1) is 0 Å². The number of hydrazone groups is 1. The summed E-state index contributed by atoms with van der Waals surface area (Å²) >= 11 is 0. The molecule has 0 bridgehead atoms. The van der Waals surface area contributed by atoms with Gasteiger partial charge in [0, 0.05) is 19.1 Å². The van der Waals surface area contributed by atoms with Crippen LogP contribution in [0.1, 0.15) is 26.7 Å². The van der Waals surface area contributed by atoms with Crippen molar-refractivity contribution in [3.63, 3.8) is 0 Å². The lowest BCUT2D eigenvalue weighted by atomic mass is 10.3. The van der Waals surface area contributed by atoms with E-state index in [4.69, 9.17) is 0 Å². The van der Waals surface area contributed by atoms with Gasteiger partial charge in [-0.05, 0) is 5.92 Å². The standard InChI is InChI=1S/C8H12N2O2/c1-6(2)5-9-10-7(11)3-4-8(10)12/h5-6H,3-4H2,1-2H3. The van der Waals surface area contributed by atoms with Crippen LogP contribution in [0, 0.1) is 5.92 Å². The lowest BCUT2D eigenvalue weighted by Crippen LogP contribution is -2.23. The highest BCUT2D eigenvalue weighted by atomic mass is 16.2. The Bertz CT molecular complexity index is 217. The van der Waals surface area contributed by atoms with Crippen molar-refractivity contribution in [3.8, 4) is 0 Å². The van der Waals surface area contributed by atoms with Gasteiger partial charge in [0.2, 0.25) is 11.8 Å². The van der Waals surface area contributed by atoms with Crippen LogP contribution in [0.3, 0.4) is 0 Å². The van der Waals surface area contributed by atoms with Crippen LogP contribution >= 0.6 is 0 Å². The second kappa shape index (κ2) is 3.47. The van der Waals surface area contributed by atoms with E-state index >= 15 is 0 Å². The Labute approximate surface area is 71.2 Å². The molecule has 0 spiro atoms. The topological polar surface area (TPSA) is 49.7 Å². The van der Waals surface area contributed by atoms with Crippen LogP contribution in [0.2, 0.25) is 0 Å². The molecule has 4 nitrogen and oxygen atoms in total. The fourth-order valence-electron chi connectivity index (χ4n) is 0.894. The normalized spacial score (nSPS) is 18.8. The molecule has 1 aliphatic rings. The van der Waals surface area contributed by atoms with Crippen LogP contribution in [0.4, 0.5) is 0 Å². The maximum Gasteiger partial charge on any atom is 0.250 e. The van der Waals surface area contributed by atoms with Crippen molar-refractivity contribution in [1.82, 2.24) is 5.01 Å². The molecule has 1 heterocycles. The van der Waals surface area contributed by atoms with E-state index in [9.17, 15) is 9.59 Å². The molecule has 66 valence electrons. The number of carbonyl (C=O) groups is 2. The van der Waals surface area contributed by atoms with Gasteiger partial charge in [0.15, 0.2) is 0 Å². The van der Waals surface area contributed by atoms with Gasteiger partial charge in [-0.25, -0.2) is 0 Å². The number of hydrogen-bond acceptors (Lipinski definition) is 3. The number of rotatable bonds is 2. The summed E-state index contributed by atoms with van der Waals surface area (Å²) in [5.41, 5.74) is 0. The SMILES string of the molecule is CC(C)C=NN1C(=O)CCC1=O. The number of imide groups is 1. The quantitative estimate of drug-likeness (QED) is 0.452. The van der Waals surface area contributed by atoms with Crippen LogP contribution in [0.5, 0.6) is 0 Å². The Hall–Kier alpha value is -1.19. The molecule has 1 saturated heterocycles. The third kappa shape index (κ3) is 1.90. The van der Waals surface area contributed by atoms with Crippen molar-refractivity contribution in [2.75, 3.05) is 0 Å².